The summed E-state index contributed by atoms with van der Waals surface area (Å²) in [6.45, 7) is 3.46. The molecule has 2 heterocycles. The third kappa shape index (κ3) is 5.03. The highest BCUT2D eigenvalue weighted by atomic mass is 35.5. The van der Waals surface area contributed by atoms with Gasteiger partial charge in [-0.3, -0.25) is 24.6 Å². The molecule has 0 aromatic heterocycles. The number of benzene rings is 4. The third-order valence-corrected chi connectivity index (χ3v) is 11.8. The van der Waals surface area contributed by atoms with Crippen LogP contribution in [0.4, 0.5) is 15.8 Å². The molecular formula is C41H33ClFN3O8. The maximum atomic E-state index is 15.3. The van der Waals surface area contributed by atoms with Gasteiger partial charge >= 0.3 is 5.97 Å². The van der Waals surface area contributed by atoms with Crippen molar-refractivity contribution in [3.05, 3.63) is 129 Å². The molecule has 1 saturated carbocycles. The number of carbonyl (C=O) groups excluding carboxylic acids is 4. The second kappa shape index (κ2) is 12.6. The van der Waals surface area contributed by atoms with E-state index < -0.39 is 81.7 Å². The third-order valence-electron chi connectivity index (χ3n) is 11.6. The van der Waals surface area contributed by atoms with E-state index in [0.717, 1.165) is 22.0 Å². The molecule has 2 aliphatic carbocycles. The molecule has 8 rings (SSSR count). The number of hydrazine groups is 1. The number of hydrogen-bond donors (Lipinski definition) is 4. The second-order valence-electron chi connectivity index (χ2n) is 14.4. The predicted octanol–water partition coefficient (Wildman–Crippen LogP) is 6.39. The molecule has 4 amide bonds. The van der Waals surface area contributed by atoms with Crippen LogP contribution in [0, 0.1) is 43.3 Å². The molecule has 2 saturated heterocycles. The first-order chi connectivity index (χ1) is 25.7. The van der Waals surface area contributed by atoms with E-state index in [1.54, 1.807) is 50.2 Å². The van der Waals surface area contributed by atoms with Crippen LogP contribution < -0.4 is 10.3 Å². The fourth-order valence-corrected chi connectivity index (χ4v) is 9.41. The number of nitrogens with zero attached hydrogens (tertiary/aromatic N) is 2. The number of phenols is 2. The minimum Gasteiger partial charge on any atom is -0.507 e. The normalized spacial score (nSPS) is 26.0. The largest absolute Gasteiger partial charge is 0.507 e. The second-order valence-corrected chi connectivity index (χ2v) is 14.8. The number of aromatic hydroxyl groups is 2. The molecule has 4 aromatic rings. The number of carboxylic acids is 1. The lowest BCUT2D eigenvalue weighted by atomic mass is 9.49. The highest BCUT2D eigenvalue weighted by molar-refractivity contribution is 6.30. The quantitative estimate of drug-likeness (QED) is 0.129. The molecule has 4 N–H and O–H groups in total. The summed E-state index contributed by atoms with van der Waals surface area (Å²) >= 11 is 6.35. The van der Waals surface area contributed by atoms with Gasteiger partial charge in [-0.15, -0.1) is 0 Å². The van der Waals surface area contributed by atoms with Crippen molar-refractivity contribution in [1.82, 2.24) is 5.01 Å². The summed E-state index contributed by atoms with van der Waals surface area (Å²) in [5, 5.41) is 32.1. The van der Waals surface area contributed by atoms with Crippen LogP contribution >= 0.6 is 11.6 Å². The average molecular weight is 750 g/mol. The number of aryl methyl sites for hydroxylation is 2. The van der Waals surface area contributed by atoms with Crippen LogP contribution in [0.3, 0.4) is 0 Å². The van der Waals surface area contributed by atoms with Crippen molar-refractivity contribution in [2.24, 2.45) is 23.7 Å². The summed E-state index contributed by atoms with van der Waals surface area (Å²) in [7, 11) is 0. The molecule has 2 aliphatic heterocycles. The number of imide groups is 2. The first-order valence-electron chi connectivity index (χ1n) is 17.3. The molecule has 4 aliphatic rings. The van der Waals surface area contributed by atoms with Crippen LogP contribution in [0.5, 0.6) is 11.5 Å². The van der Waals surface area contributed by atoms with Crippen molar-refractivity contribution < 1.29 is 43.7 Å². The van der Waals surface area contributed by atoms with E-state index in [1.807, 2.05) is 6.08 Å². The smallest absolute Gasteiger partial charge is 0.339 e. The Morgan fingerprint density at radius 1 is 0.870 bits per heavy atom. The summed E-state index contributed by atoms with van der Waals surface area (Å²) in [4.78, 5) is 71.2. The maximum Gasteiger partial charge on any atom is 0.339 e. The summed E-state index contributed by atoms with van der Waals surface area (Å²) in [5.41, 5.74) is 4.09. The van der Waals surface area contributed by atoms with E-state index >= 15 is 4.79 Å². The minimum absolute atomic E-state index is 0.00437. The number of hydrogen-bond acceptors (Lipinski definition) is 8. The molecule has 274 valence electrons. The number of carboxylic acid groups (broad SMARTS) is 1. The van der Waals surface area contributed by atoms with E-state index in [9.17, 15) is 38.9 Å². The summed E-state index contributed by atoms with van der Waals surface area (Å²) in [5.74, 6) is -9.12. The number of aromatic carboxylic acids is 1. The molecule has 6 atom stereocenters. The molecule has 6 unspecified atom stereocenters. The van der Waals surface area contributed by atoms with Crippen molar-refractivity contribution in [3.63, 3.8) is 0 Å². The van der Waals surface area contributed by atoms with Gasteiger partial charge in [0.25, 0.3) is 11.8 Å². The van der Waals surface area contributed by atoms with Gasteiger partial charge in [0.1, 0.15) is 22.9 Å². The molecule has 0 bridgehead atoms. The van der Waals surface area contributed by atoms with E-state index in [4.69, 9.17) is 11.6 Å². The number of anilines is 2. The van der Waals surface area contributed by atoms with Crippen molar-refractivity contribution >= 4 is 52.6 Å². The van der Waals surface area contributed by atoms with Crippen LogP contribution in [0.15, 0.2) is 90.5 Å². The van der Waals surface area contributed by atoms with Gasteiger partial charge in [-0.25, -0.2) is 14.1 Å². The molecule has 4 aromatic carbocycles. The predicted molar refractivity (Wildman–Crippen MR) is 194 cm³/mol. The van der Waals surface area contributed by atoms with E-state index in [-0.39, 0.29) is 30.0 Å². The Bertz CT molecular complexity index is 2320. The first-order valence-corrected chi connectivity index (χ1v) is 17.7. The summed E-state index contributed by atoms with van der Waals surface area (Å²) < 4.78 is 13.9. The Morgan fingerprint density at radius 2 is 1.54 bits per heavy atom. The van der Waals surface area contributed by atoms with E-state index in [1.165, 1.54) is 30.3 Å². The van der Waals surface area contributed by atoms with Crippen LogP contribution in [-0.2, 0) is 24.6 Å². The Labute approximate surface area is 313 Å². The van der Waals surface area contributed by atoms with Crippen LogP contribution in [0.25, 0.3) is 0 Å². The van der Waals surface area contributed by atoms with Gasteiger partial charge < -0.3 is 15.3 Å². The molecule has 0 radical (unpaired) electrons. The van der Waals surface area contributed by atoms with Gasteiger partial charge in [0, 0.05) is 17.0 Å². The van der Waals surface area contributed by atoms with E-state index in [2.05, 4.69) is 5.43 Å². The molecular weight excluding hydrogens is 717 g/mol. The standard InChI is InChI=1S/C41H33ClFN3O8/c1-19-15-21(16-20(2)35(19)48)34-27-13-14-29-33(38(51)45(36(29)49)26-11-12-28(39(52)53)32(47)17-26)30(27)18-31-37(50)46(44-25-9-7-24(43)8-10-25)40(54)41(31,34)22-3-5-23(42)6-4-22/h3-13,15-17,29-31,33-34,44,47-48H,14,18H2,1-2H3,(H,52,53). The number of amides is 4. The lowest BCUT2D eigenvalue weighted by molar-refractivity contribution is -0.138. The molecule has 0 spiro atoms. The lowest BCUT2D eigenvalue weighted by Crippen LogP contribution is -2.53. The Balaban J connectivity index is 1.32. The van der Waals surface area contributed by atoms with Gasteiger partial charge in [-0.1, -0.05) is 47.5 Å². The highest BCUT2D eigenvalue weighted by Gasteiger charge is 2.70. The zero-order valence-corrected chi connectivity index (χ0v) is 29.7. The lowest BCUT2D eigenvalue weighted by Gasteiger charge is -2.50. The first kappa shape index (κ1) is 35.0. The van der Waals surface area contributed by atoms with Gasteiger partial charge in [0.05, 0.1) is 34.5 Å². The van der Waals surface area contributed by atoms with Gasteiger partial charge in [0.2, 0.25) is 11.8 Å². The Hall–Kier alpha value is -6.01. The number of fused-ring (bicyclic) bond motifs is 4. The van der Waals surface area contributed by atoms with Crippen molar-refractivity contribution in [2.75, 3.05) is 10.3 Å². The van der Waals surface area contributed by atoms with Gasteiger partial charge in [-0.05, 0) is 103 Å². The summed E-state index contributed by atoms with van der Waals surface area (Å²) in [6.07, 6.45) is 2.02. The zero-order valence-electron chi connectivity index (χ0n) is 28.9. The van der Waals surface area contributed by atoms with Gasteiger partial charge in [0.15, 0.2) is 0 Å². The molecule has 11 nitrogen and oxygen atoms in total. The zero-order chi connectivity index (χ0) is 38.4. The molecule has 54 heavy (non-hydrogen) atoms. The number of rotatable bonds is 6. The average Bonchev–Trinajstić information content (AvgIpc) is 3.52. The topological polar surface area (TPSA) is 165 Å². The molecule has 13 heteroatoms. The van der Waals surface area contributed by atoms with Crippen molar-refractivity contribution in [3.8, 4) is 11.5 Å². The fraction of sp³-hybridized carbons (Fsp3) is 0.244. The minimum atomic E-state index is -1.59. The van der Waals surface area contributed by atoms with Crippen molar-refractivity contribution in [1.29, 1.82) is 0 Å². The number of phenolic OH excluding ortho intramolecular Hbond substituents is 1. The fourth-order valence-electron chi connectivity index (χ4n) is 9.28. The Kier molecular flexibility index (Phi) is 8.14. The number of carbonyl (C=O) groups is 5. The maximum absolute atomic E-state index is 15.3. The van der Waals surface area contributed by atoms with Crippen LogP contribution in [-0.4, -0.2) is 49.9 Å². The van der Waals surface area contributed by atoms with Crippen LogP contribution in [0.1, 0.15) is 51.4 Å². The van der Waals surface area contributed by atoms with Crippen molar-refractivity contribution in [2.45, 2.75) is 38.0 Å². The number of halogens is 2. The SMILES string of the molecule is Cc1cc(C2C3=CCC4C(=O)N(c5ccc(C(=O)O)c(O)c5)C(=O)C4C3CC3C(=O)N(Nc4ccc(F)cc4)C(=O)C32c2ccc(Cl)cc2)cc(C)c1O. The number of nitrogens with one attached hydrogen (secondary N) is 1. The van der Waals surface area contributed by atoms with E-state index in [0.29, 0.717) is 32.8 Å². The van der Waals surface area contributed by atoms with Crippen LogP contribution in [0.2, 0.25) is 5.02 Å². The number of allylic oxidation sites excluding steroid dienone is 2. The monoisotopic (exact) mass is 749 g/mol. The molecule has 3 fully saturated rings. The van der Waals surface area contributed by atoms with Gasteiger partial charge in [-0.2, -0.15) is 5.01 Å². The Morgan fingerprint density at radius 3 is 2.17 bits per heavy atom. The highest BCUT2D eigenvalue weighted by Crippen LogP contribution is 2.64. The summed E-state index contributed by atoms with van der Waals surface area (Å²) in [6, 6.07) is 18.9.